The van der Waals surface area contributed by atoms with Crippen molar-refractivity contribution in [3.05, 3.63) is 58.3 Å². The zero-order valence-electron chi connectivity index (χ0n) is 13.3. The number of halogens is 1. The predicted molar refractivity (Wildman–Crippen MR) is 98.5 cm³/mol. The van der Waals surface area contributed by atoms with Gasteiger partial charge < -0.3 is 0 Å². The van der Waals surface area contributed by atoms with Gasteiger partial charge in [-0.1, -0.05) is 31.8 Å². The van der Waals surface area contributed by atoms with E-state index in [9.17, 15) is 12.6 Å². The van der Waals surface area contributed by atoms with Gasteiger partial charge in [0.2, 0.25) is 0 Å². The van der Waals surface area contributed by atoms with Crippen LogP contribution in [0.25, 0.3) is 0 Å². The quantitative estimate of drug-likeness (QED) is 0.760. The molecule has 0 radical (unpaired) electrons. The highest BCUT2D eigenvalue weighted by Gasteiger charge is 2.14. The number of rotatable bonds is 6. The monoisotopic (exact) mass is 431 g/mol. The molecule has 1 atom stereocenters. The second-order valence-electron chi connectivity index (χ2n) is 5.28. The Morgan fingerprint density at radius 1 is 1.21 bits per heavy atom. The summed E-state index contributed by atoms with van der Waals surface area (Å²) < 4.78 is 43.3. The maximum atomic E-state index is 12.6. The third-order valence-electron chi connectivity index (χ3n) is 3.11. The molecule has 0 aliphatic carbocycles. The Kier molecular flexibility index (Phi) is 6.13. The van der Waals surface area contributed by atoms with Crippen molar-refractivity contribution >= 4 is 35.9 Å². The summed E-state index contributed by atoms with van der Waals surface area (Å²) in [7, 11) is -7.08. The van der Waals surface area contributed by atoms with Crippen molar-refractivity contribution in [2.45, 2.75) is 18.2 Å². The summed E-state index contributed by atoms with van der Waals surface area (Å²) in [4.78, 5) is 4.55. The van der Waals surface area contributed by atoms with Crippen molar-refractivity contribution in [1.82, 2.24) is 9.71 Å². The molecule has 0 aliphatic rings. The van der Waals surface area contributed by atoms with Crippen LogP contribution in [0.5, 0.6) is 0 Å². The van der Waals surface area contributed by atoms with E-state index in [1.54, 1.807) is 30.5 Å². The minimum absolute atomic E-state index is 0.135. The van der Waals surface area contributed by atoms with Crippen LogP contribution >= 0.6 is 15.9 Å². The average molecular weight is 432 g/mol. The molecular weight excluding hydrogens is 414 g/mol. The molecule has 1 N–H and O–H groups in total. The number of nitrogens with zero attached hydrogens (tertiary/aromatic N) is 2. The molecule has 0 spiro atoms. The van der Waals surface area contributed by atoms with E-state index in [0.29, 0.717) is 15.8 Å². The van der Waals surface area contributed by atoms with E-state index >= 15 is 0 Å². The van der Waals surface area contributed by atoms with Gasteiger partial charge in [-0.2, -0.15) is 13.1 Å². The van der Waals surface area contributed by atoms with Crippen LogP contribution in [0.4, 0.5) is 0 Å². The lowest BCUT2D eigenvalue weighted by atomic mass is 10.2. The fourth-order valence-corrected chi connectivity index (χ4v) is 5.55. The third kappa shape index (κ3) is 5.66. The Bertz CT molecular complexity index is 935. The van der Waals surface area contributed by atoms with Crippen molar-refractivity contribution in [2.75, 3.05) is 12.8 Å². The molecule has 0 amide bonds. The van der Waals surface area contributed by atoms with Gasteiger partial charge >= 0.3 is 10.2 Å². The largest absolute Gasteiger partial charge is 0.327 e. The first kappa shape index (κ1) is 19.0. The van der Waals surface area contributed by atoms with E-state index < -0.39 is 19.9 Å². The van der Waals surface area contributed by atoms with Gasteiger partial charge in [0, 0.05) is 40.5 Å². The fourth-order valence-electron chi connectivity index (χ4n) is 1.91. The number of pyridine rings is 1. The third-order valence-corrected chi connectivity index (χ3v) is 7.23. The second kappa shape index (κ2) is 7.73. The standard InChI is InChI=1S/C15H18BrN3O3S2/c1-12-6-7-14(17-11-12)8-9-18-24(21,22)19-23(2,20)15-5-3-4-13(16)10-15/h3-7,10-11,18H,8-9H2,1-2H3. The van der Waals surface area contributed by atoms with E-state index in [0.717, 1.165) is 11.3 Å². The lowest BCUT2D eigenvalue weighted by Crippen LogP contribution is -2.25. The van der Waals surface area contributed by atoms with Gasteiger partial charge in [0.1, 0.15) is 0 Å². The van der Waals surface area contributed by atoms with Crippen molar-refractivity contribution in [2.24, 2.45) is 3.77 Å². The summed E-state index contributed by atoms with van der Waals surface area (Å²) in [6.45, 7) is 2.06. The molecular formula is C15H18BrN3O3S2. The minimum Gasteiger partial charge on any atom is -0.261 e. The SMILES string of the molecule is Cc1ccc(CCNS(=O)(=O)N=S(C)(=O)c2cccc(Br)c2)nc1. The topological polar surface area (TPSA) is 88.5 Å². The molecule has 0 saturated carbocycles. The highest BCUT2D eigenvalue weighted by Crippen LogP contribution is 2.18. The fraction of sp³-hybridized carbons (Fsp3) is 0.267. The molecule has 0 bridgehead atoms. The van der Waals surface area contributed by atoms with Crippen molar-refractivity contribution in [3.8, 4) is 0 Å². The number of hydrogen-bond acceptors (Lipinski definition) is 4. The van der Waals surface area contributed by atoms with Gasteiger partial charge in [0.25, 0.3) is 0 Å². The van der Waals surface area contributed by atoms with Crippen LogP contribution in [0.1, 0.15) is 11.3 Å². The molecule has 1 heterocycles. The molecule has 2 aromatic rings. The molecule has 1 unspecified atom stereocenters. The molecule has 1 aromatic carbocycles. The Hall–Kier alpha value is -1.29. The Balaban J connectivity index is 2.09. The average Bonchev–Trinajstić information content (AvgIpc) is 2.48. The zero-order chi connectivity index (χ0) is 17.8. The first-order valence-corrected chi connectivity index (χ1v) is 11.2. The highest BCUT2D eigenvalue weighted by molar-refractivity contribution is 9.10. The van der Waals surface area contributed by atoms with Crippen molar-refractivity contribution in [1.29, 1.82) is 0 Å². The van der Waals surface area contributed by atoms with E-state index in [-0.39, 0.29) is 6.54 Å². The molecule has 1 aromatic heterocycles. The zero-order valence-corrected chi connectivity index (χ0v) is 16.5. The van der Waals surface area contributed by atoms with Gasteiger partial charge in [-0.25, -0.2) is 4.21 Å². The minimum atomic E-state index is -4.02. The van der Waals surface area contributed by atoms with Crippen molar-refractivity contribution < 1.29 is 12.6 Å². The maximum Gasteiger partial charge on any atom is 0.327 e. The van der Waals surface area contributed by atoms with E-state index in [1.165, 1.54) is 6.26 Å². The van der Waals surface area contributed by atoms with Gasteiger partial charge in [-0.3, -0.25) is 4.98 Å². The van der Waals surface area contributed by atoms with Gasteiger partial charge in [0.05, 0.1) is 9.73 Å². The van der Waals surface area contributed by atoms with Crippen LogP contribution in [0.2, 0.25) is 0 Å². The lowest BCUT2D eigenvalue weighted by Gasteiger charge is -2.07. The maximum absolute atomic E-state index is 12.6. The normalized spacial score (nSPS) is 14.1. The van der Waals surface area contributed by atoms with E-state index in [2.05, 4.69) is 29.4 Å². The van der Waals surface area contributed by atoms with Gasteiger partial charge in [0.15, 0.2) is 0 Å². The van der Waals surface area contributed by atoms with Crippen LogP contribution < -0.4 is 4.72 Å². The number of aromatic nitrogens is 1. The summed E-state index contributed by atoms with van der Waals surface area (Å²) in [5, 5.41) is 0. The van der Waals surface area contributed by atoms with E-state index in [1.807, 2.05) is 19.1 Å². The smallest absolute Gasteiger partial charge is 0.261 e. The van der Waals surface area contributed by atoms with Crippen LogP contribution in [0.15, 0.2) is 55.7 Å². The predicted octanol–water partition coefficient (Wildman–Crippen LogP) is 2.69. The lowest BCUT2D eigenvalue weighted by molar-refractivity contribution is 0.583. The molecule has 24 heavy (non-hydrogen) atoms. The Morgan fingerprint density at radius 3 is 2.58 bits per heavy atom. The summed E-state index contributed by atoms with van der Waals surface area (Å²) in [6.07, 6.45) is 3.45. The highest BCUT2D eigenvalue weighted by atomic mass is 79.9. The Labute approximate surface area is 151 Å². The summed E-state index contributed by atoms with van der Waals surface area (Å²) in [5.74, 6) is 0. The Morgan fingerprint density at radius 2 is 1.96 bits per heavy atom. The molecule has 0 aliphatic heterocycles. The van der Waals surface area contributed by atoms with E-state index in [4.69, 9.17) is 0 Å². The number of nitrogens with one attached hydrogen (secondary N) is 1. The number of benzene rings is 1. The van der Waals surface area contributed by atoms with Crippen LogP contribution in [-0.2, 0) is 26.4 Å². The van der Waals surface area contributed by atoms with Crippen LogP contribution in [0, 0.1) is 6.92 Å². The number of hydrogen-bond donors (Lipinski definition) is 1. The molecule has 6 nitrogen and oxygen atoms in total. The van der Waals surface area contributed by atoms with Crippen molar-refractivity contribution in [3.63, 3.8) is 0 Å². The first-order valence-electron chi connectivity index (χ1n) is 7.08. The molecule has 0 saturated heterocycles. The van der Waals surface area contributed by atoms with Crippen LogP contribution in [-0.4, -0.2) is 30.4 Å². The summed E-state index contributed by atoms with van der Waals surface area (Å²) in [5.41, 5.74) is 1.81. The molecule has 0 fully saturated rings. The second-order valence-corrected chi connectivity index (χ2v) is 10.1. The summed E-state index contributed by atoms with van der Waals surface area (Å²) in [6, 6.07) is 10.4. The molecule has 2 rings (SSSR count). The number of aryl methyl sites for hydroxylation is 1. The first-order chi connectivity index (χ1) is 11.2. The summed E-state index contributed by atoms with van der Waals surface area (Å²) >= 11 is 3.27. The van der Waals surface area contributed by atoms with Gasteiger partial charge in [-0.15, -0.1) is 0 Å². The molecule has 9 heteroatoms. The van der Waals surface area contributed by atoms with Gasteiger partial charge in [-0.05, 0) is 36.8 Å². The van der Waals surface area contributed by atoms with Crippen LogP contribution in [0.3, 0.4) is 0 Å². The molecule has 130 valence electrons.